The average molecular weight is 329 g/mol. The van der Waals surface area contributed by atoms with Crippen LogP contribution in [0.25, 0.3) is 0 Å². The van der Waals surface area contributed by atoms with Crippen LogP contribution in [0.1, 0.15) is 36.0 Å². The standard InChI is InChI=1S/C12H13BrN2O4/c13-9-5-8(6-10(7-9)15(17)18)12(16)14-19-11-3-1-2-4-11/h5-7,11H,1-4H2,(H,14,16). The number of nitrogens with zero attached hydrogens (tertiary/aromatic N) is 1. The molecule has 0 unspecified atom stereocenters. The van der Waals surface area contributed by atoms with Crippen LogP contribution in [0.4, 0.5) is 5.69 Å². The highest BCUT2D eigenvalue weighted by atomic mass is 79.9. The summed E-state index contributed by atoms with van der Waals surface area (Å²) in [6, 6.07) is 4.08. The number of non-ortho nitro benzene ring substituents is 1. The molecule has 0 bridgehead atoms. The van der Waals surface area contributed by atoms with E-state index in [1.165, 1.54) is 18.2 Å². The second-order valence-electron chi connectivity index (χ2n) is 4.41. The number of halogens is 1. The molecule has 0 spiro atoms. The van der Waals surface area contributed by atoms with Crippen molar-refractivity contribution in [3.63, 3.8) is 0 Å². The van der Waals surface area contributed by atoms with Gasteiger partial charge in [0.2, 0.25) is 0 Å². The van der Waals surface area contributed by atoms with E-state index in [1.807, 2.05) is 0 Å². The van der Waals surface area contributed by atoms with Crippen molar-refractivity contribution in [1.82, 2.24) is 5.48 Å². The van der Waals surface area contributed by atoms with Crippen LogP contribution < -0.4 is 5.48 Å². The highest BCUT2D eigenvalue weighted by molar-refractivity contribution is 9.10. The Morgan fingerprint density at radius 1 is 1.37 bits per heavy atom. The Bertz CT molecular complexity index is 501. The molecule has 1 amide bonds. The van der Waals surface area contributed by atoms with Crippen molar-refractivity contribution in [2.75, 3.05) is 0 Å². The van der Waals surface area contributed by atoms with Crippen LogP contribution >= 0.6 is 15.9 Å². The van der Waals surface area contributed by atoms with Gasteiger partial charge in [0.1, 0.15) is 0 Å². The molecule has 0 aliphatic heterocycles. The zero-order valence-corrected chi connectivity index (χ0v) is 11.7. The molecule has 7 heteroatoms. The molecular formula is C12H13BrN2O4. The summed E-state index contributed by atoms with van der Waals surface area (Å²) in [4.78, 5) is 27.3. The van der Waals surface area contributed by atoms with Crippen molar-refractivity contribution in [2.45, 2.75) is 31.8 Å². The van der Waals surface area contributed by atoms with Gasteiger partial charge in [-0.05, 0) is 18.9 Å². The summed E-state index contributed by atoms with van der Waals surface area (Å²) in [6.45, 7) is 0. The predicted octanol–water partition coefficient (Wildman–Crippen LogP) is 2.96. The monoisotopic (exact) mass is 328 g/mol. The summed E-state index contributed by atoms with van der Waals surface area (Å²) < 4.78 is 0.479. The molecule has 0 aromatic heterocycles. The quantitative estimate of drug-likeness (QED) is 0.680. The first kappa shape index (κ1) is 14.0. The second-order valence-corrected chi connectivity index (χ2v) is 5.33. The lowest BCUT2D eigenvalue weighted by molar-refractivity contribution is -0.385. The third-order valence-corrected chi connectivity index (χ3v) is 3.43. The van der Waals surface area contributed by atoms with Gasteiger partial charge in [0.15, 0.2) is 0 Å². The Balaban J connectivity index is 2.03. The summed E-state index contributed by atoms with van der Waals surface area (Å²) in [7, 11) is 0. The predicted molar refractivity (Wildman–Crippen MR) is 71.6 cm³/mol. The Labute approximate surface area is 118 Å². The van der Waals surface area contributed by atoms with Crippen molar-refractivity contribution in [1.29, 1.82) is 0 Å². The van der Waals surface area contributed by atoms with Gasteiger partial charge < -0.3 is 0 Å². The van der Waals surface area contributed by atoms with E-state index in [0.29, 0.717) is 4.47 Å². The number of rotatable bonds is 4. The lowest BCUT2D eigenvalue weighted by atomic mass is 10.2. The normalized spacial score (nSPS) is 15.4. The SMILES string of the molecule is O=C(NOC1CCCC1)c1cc(Br)cc([N+](=O)[O-])c1. The molecule has 6 nitrogen and oxygen atoms in total. The topological polar surface area (TPSA) is 81.5 Å². The van der Waals surface area contributed by atoms with E-state index in [1.54, 1.807) is 0 Å². The first-order valence-electron chi connectivity index (χ1n) is 5.97. The minimum atomic E-state index is -0.542. The molecular weight excluding hydrogens is 316 g/mol. The van der Waals surface area contributed by atoms with E-state index in [2.05, 4.69) is 21.4 Å². The van der Waals surface area contributed by atoms with Crippen LogP contribution in [0.2, 0.25) is 0 Å². The highest BCUT2D eigenvalue weighted by Crippen LogP contribution is 2.22. The minimum Gasteiger partial charge on any atom is -0.270 e. The van der Waals surface area contributed by atoms with E-state index in [0.717, 1.165) is 25.7 Å². The molecule has 1 N–H and O–H groups in total. The fourth-order valence-electron chi connectivity index (χ4n) is 2.01. The van der Waals surface area contributed by atoms with Gasteiger partial charge in [-0.25, -0.2) is 5.48 Å². The van der Waals surface area contributed by atoms with Gasteiger partial charge in [0.05, 0.1) is 11.0 Å². The molecule has 0 saturated heterocycles. The molecule has 1 aliphatic carbocycles. The van der Waals surface area contributed by atoms with Gasteiger partial charge in [-0.15, -0.1) is 0 Å². The van der Waals surface area contributed by atoms with Crippen molar-refractivity contribution in [2.24, 2.45) is 0 Å². The Kier molecular flexibility index (Phi) is 4.49. The average Bonchev–Trinajstić information content (AvgIpc) is 2.88. The number of nitrogens with one attached hydrogen (secondary N) is 1. The van der Waals surface area contributed by atoms with Crippen LogP contribution in [-0.4, -0.2) is 16.9 Å². The Hall–Kier alpha value is -1.47. The number of hydrogen-bond donors (Lipinski definition) is 1. The van der Waals surface area contributed by atoms with Crippen LogP contribution in [0, 0.1) is 10.1 Å². The lowest BCUT2D eigenvalue weighted by Gasteiger charge is -2.11. The maximum Gasteiger partial charge on any atom is 0.275 e. The summed E-state index contributed by atoms with van der Waals surface area (Å²) in [5.74, 6) is -0.476. The fourth-order valence-corrected chi connectivity index (χ4v) is 2.49. The molecule has 0 radical (unpaired) electrons. The fraction of sp³-hybridized carbons (Fsp3) is 0.417. The highest BCUT2D eigenvalue weighted by Gasteiger charge is 2.18. The number of amides is 1. The molecule has 1 aromatic carbocycles. The number of nitro groups is 1. The number of nitro benzene ring substituents is 1. The third kappa shape index (κ3) is 3.74. The zero-order chi connectivity index (χ0) is 13.8. The summed E-state index contributed by atoms with van der Waals surface area (Å²) in [5, 5.41) is 10.7. The molecule has 2 rings (SSSR count). The van der Waals surface area contributed by atoms with Gasteiger partial charge in [0.25, 0.3) is 11.6 Å². The summed E-state index contributed by atoms with van der Waals surface area (Å²) in [5.41, 5.74) is 2.41. The van der Waals surface area contributed by atoms with Crippen molar-refractivity contribution in [3.05, 3.63) is 38.3 Å². The number of benzene rings is 1. The molecule has 1 aliphatic rings. The summed E-state index contributed by atoms with van der Waals surface area (Å²) >= 11 is 3.14. The van der Waals surface area contributed by atoms with Crippen molar-refractivity contribution in [3.8, 4) is 0 Å². The van der Waals surface area contributed by atoms with Crippen LogP contribution in [0.5, 0.6) is 0 Å². The van der Waals surface area contributed by atoms with Crippen LogP contribution in [0.3, 0.4) is 0 Å². The van der Waals surface area contributed by atoms with Crippen molar-refractivity contribution >= 4 is 27.5 Å². The molecule has 1 saturated carbocycles. The minimum absolute atomic E-state index is 0.0473. The first-order valence-corrected chi connectivity index (χ1v) is 6.76. The van der Waals surface area contributed by atoms with Gasteiger partial charge >= 0.3 is 0 Å². The smallest absolute Gasteiger partial charge is 0.270 e. The van der Waals surface area contributed by atoms with Crippen LogP contribution in [0.15, 0.2) is 22.7 Å². The first-order chi connectivity index (χ1) is 9.06. The Morgan fingerprint density at radius 3 is 2.68 bits per heavy atom. The molecule has 102 valence electrons. The third-order valence-electron chi connectivity index (χ3n) is 2.98. The molecule has 0 heterocycles. The van der Waals surface area contributed by atoms with Gasteiger partial charge in [-0.3, -0.25) is 19.7 Å². The van der Waals surface area contributed by atoms with E-state index >= 15 is 0 Å². The number of hydroxylamine groups is 1. The van der Waals surface area contributed by atoms with Gasteiger partial charge in [-0.2, -0.15) is 0 Å². The van der Waals surface area contributed by atoms with E-state index in [-0.39, 0.29) is 17.4 Å². The molecule has 1 aromatic rings. The van der Waals surface area contributed by atoms with E-state index < -0.39 is 10.8 Å². The molecule has 1 fully saturated rings. The van der Waals surface area contributed by atoms with Crippen molar-refractivity contribution < 1.29 is 14.6 Å². The largest absolute Gasteiger partial charge is 0.275 e. The second kappa shape index (κ2) is 6.12. The molecule has 19 heavy (non-hydrogen) atoms. The number of carbonyl (C=O) groups excluding carboxylic acids is 1. The molecule has 0 atom stereocenters. The van der Waals surface area contributed by atoms with Gasteiger partial charge in [0, 0.05) is 22.2 Å². The zero-order valence-electron chi connectivity index (χ0n) is 10.1. The van der Waals surface area contributed by atoms with Gasteiger partial charge in [-0.1, -0.05) is 28.8 Å². The van der Waals surface area contributed by atoms with E-state index in [4.69, 9.17) is 4.84 Å². The summed E-state index contributed by atoms with van der Waals surface area (Å²) in [6.07, 6.45) is 4.11. The van der Waals surface area contributed by atoms with Crippen LogP contribution in [-0.2, 0) is 4.84 Å². The maximum atomic E-state index is 11.8. The maximum absolute atomic E-state index is 11.8. The van der Waals surface area contributed by atoms with E-state index in [9.17, 15) is 14.9 Å². The lowest BCUT2D eigenvalue weighted by Crippen LogP contribution is -2.28. The number of carbonyl (C=O) groups is 1. The Morgan fingerprint density at radius 2 is 2.05 bits per heavy atom. The number of hydrogen-bond acceptors (Lipinski definition) is 4.